The smallest absolute Gasteiger partial charge is 0.151 e. The van der Waals surface area contributed by atoms with E-state index in [1.807, 2.05) is 0 Å². The van der Waals surface area contributed by atoms with Crippen molar-refractivity contribution in [3.05, 3.63) is 24.2 Å². The minimum Gasteiger partial charge on any atom is -0.394 e. The molecule has 108 valence electrons. The minimum atomic E-state index is -1.19. The normalized spacial score (nSPS) is 33.9. The van der Waals surface area contributed by atoms with Gasteiger partial charge in [0.2, 0.25) is 0 Å². The van der Waals surface area contributed by atoms with Gasteiger partial charge in [0.1, 0.15) is 35.8 Å². The predicted molar refractivity (Wildman–Crippen MR) is 68.7 cm³/mol. The molecule has 5 N–H and O–H groups in total. The average molecular weight is 280 g/mol. The van der Waals surface area contributed by atoms with E-state index in [4.69, 9.17) is 10.5 Å². The molecule has 3 heterocycles. The van der Waals surface area contributed by atoms with Crippen LogP contribution in [0.4, 0.5) is 5.82 Å². The van der Waals surface area contributed by atoms with E-state index < -0.39 is 23.9 Å². The number of fused-ring (bicyclic) bond motifs is 1. The van der Waals surface area contributed by atoms with Crippen molar-refractivity contribution in [2.24, 2.45) is 0 Å². The molecule has 0 aliphatic carbocycles. The molecule has 0 spiro atoms. The Bertz CT molecular complexity index is 645. The van der Waals surface area contributed by atoms with Crippen LogP contribution in [0.2, 0.25) is 0 Å². The number of hydrogen-bond acceptors (Lipinski definition) is 7. The Balaban J connectivity index is 2.13. The Hall–Kier alpha value is -1.74. The summed E-state index contributed by atoms with van der Waals surface area (Å²) in [6.45, 7) is 1.25. The van der Waals surface area contributed by atoms with Gasteiger partial charge in [-0.3, -0.25) is 0 Å². The van der Waals surface area contributed by atoms with E-state index in [2.05, 4.69) is 10.1 Å². The zero-order chi connectivity index (χ0) is 14.5. The first-order valence-electron chi connectivity index (χ1n) is 6.22. The van der Waals surface area contributed by atoms with Crippen LogP contribution in [0.25, 0.3) is 5.52 Å². The van der Waals surface area contributed by atoms with Crippen molar-refractivity contribution in [1.82, 2.24) is 14.6 Å². The van der Waals surface area contributed by atoms with E-state index in [9.17, 15) is 15.3 Å². The summed E-state index contributed by atoms with van der Waals surface area (Å²) in [4.78, 5) is 3.89. The van der Waals surface area contributed by atoms with E-state index in [1.54, 1.807) is 19.1 Å². The van der Waals surface area contributed by atoms with E-state index in [0.29, 0.717) is 17.0 Å². The zero-order valence-corrected chi connectivity index (χ0v) is 10.8. The summed E-state index contributed by atoms with van der Waals surface area (Å²) < 4.78 is 7.15. The Kier molecular flexibility index (Phi) is 2.91. The molecule has 1 aliphatic rings. The van der Waals surface area contributed by atoms with Crippen molar-refractivity contribution in [3.63, 3.8) is 0 Å². The molecule has 0 aromatic carbocycles. The zero-order valence-electron chi connectivity index (χ0n) is 10.8. The molecule has 0 amide bonds. The molecule has 1 fully saturated rings. The highest BCUT2D eigenvalue weighted by Crippen LogP contribution is 2.40. The van der Waals surface area contributed by atoms with Gasteiger partial charge in [-0.25, -0.2) is 9.50 Å². The summed E-state index contributed by atoms with van der Waals surface area (Å²) in [5, 5.41) is 33.4. The quantitative estimate of drug-likeness (QED) is 0.535. The maximum Gasteiger partial charge on any atom is 0.151 e. The number of anilines is 1. The van der Waals surface area contributed by atoms with E-state index in [0.717, 1.165) is 0 Å². The largest absolute Gasteiger partial charge is 0.394 e. The maximum absolute atomic E-state index is 10.2. The highest BCUT2D eigenvalue weighted by molar-refractivity contribution is 5.65. The molecule has 20 heavy (non-hydrogen) atoms. The third kappa shape index (κ3) is 1.63. The number of hydrogen-bond donors (Lipinski definition) is 4. The molecule has 8 nitrogen and oxygen atoms in total. The summed E-state index contributed by atoms with van der Waals surface area (Å²) in [6.07, 6.45) is -1.90. The number of aliphatic hydroxyl groups is 3. The second-order valence-electron chi connectivity index (χ2n) is 5.04. The van der Waals surface area contributed by atoms with Crippen molar-refractivity contribution in [2.75, 3.05) is 12.3 Å². The lowest BCUT2D eigenvalue weighted by Gasteiger charge is -2.27. The van der Waals surface area contributed by atoms with Crippen molar-refractivity contribution in [3.8, 4) is 0 Å². The van der Waals surface area contributed by atoms with Crippen LogP contribution in [0.1, 0.15) is 12.6 Å². The van der Waals surface area contributed by atoms with Crippen LogP contribution in [0.3, 0.4) is 0 Å². The third-order valence-corrected chi connectivity index (χ3v) is 3.84. The van der Waals surface area contributed by atoms with Crippen LogP contribution in [-0.2, 0) is 10.3 Å². The topological polar surface area (TPSA) is 126 Å². The number of ether oxygens (including phenoxy) is 1. The summed E-state index contributed by atoms with van der Waals surface area (Å²) >= 11 is 0. The number of aromatic nitrogens is 3. The fourth-order valence-corrected chi connectivity index (χ4v) is 2.67. The van der Waals surface area contributed by atoms with Gasteiger partial charge < -0.3 is 25.8 Å². The molecule has 1 aliphatic heterocycles. The lowest BCUT2D eigenvalue weighted by atomic mass is 9.93. The molecule has 4 atom stereocenters. The fourth-order valence-electron chi connectivity index (χ4n) is 2.67. The number of rotatable bonds is 2. The Labute approximate surface area is 114 Å². The first-order chi connectivity index (χ1) is 9.49. The van der Waals surface area contributed by atoms with Gasteiger partial charge >= 0.3 is 0 Å². The van der Waals surface area contributed by atoms with Crippen LogP contribution < -0.4 is 5.73 Å². The number of nitrogen functional groups attached to an aromatic ring is 1. The summed E-state index contributed by atoms with van der Waals surface area (Å²) in [6, 6.07) is 3.42. The first-order valence-corrected chi connectivity index (χ1v) is 6.22. The Morgan fingerprint density at radius 1 is 1.45 bits per heavy atom. The molecular weight excluding hydrogens is 264 g/mol. The molecule has 0 radical (unpaired) electrons. The molecule has 0 bridgehead atoms. The highest BCUT2D eigenvalue weighted by Gasteiger charge is 2.53. The van der Waals surface area contributed by atoms with Gasteiger partial charge in [0.25, 0.3) is 0 Å². The Morgan fingerprint density at radius 2 is 2.20 bits per heavy atom. The van der Waals surface area contributed by atoms with Crippen molar-refractivity contribution in [1.29, 1.82) is 0 Å². The van der Waals surface area contributed by atoms with Gasteiger partial charge in [-0.1, -0.05) is 0 Å². The second-order valence-corrected chi connectivity index (χ2v) is 5.04. The molecular formula is C12H16N4O4. The Morgan fingerprint density at radius 3 is 2.85 bits per heavy atom. The number of nitrogens with two attached hydrogens (primary N) is 1. The van der Waals surface area contributed by atoms with Gasteiger partial charge in [0.15, 0.2) is 5.82 Å². The summed E-state index contributed by atoms with van der Waals surface area (Å²) in [5.41, 5.74) is 5.68. The first kappa shape index (κ1) is 13.3. The van der Waals surface area contributed by atoms with E-state index in [-0.39, 0.29) is 6.61 Å². The van der Waals surface area contributed by atoms with E-state index in [1.165, 1.54) is 10.8 Å². The van der Waals surface area contributed by atoms with Gasteiger partial charge in [-0.05, 0) is 19.1 Å². The van der Waals surface area contributed by atoms with Crippen LogP contribution in [0, 0.1) is 0 Å². The van der Waals surface area contributed by atoms with Gasteiger partial charge in [-0.2, -0.15) is 5.10 Å². The molecule has 2 aromatic heterocycles. The SMILES string of the molecule is C[C@@]1(c2ccc3c(N)ncnn23)OC(CO)[C@@H](O)[C@H]1O. The van der Waals surface area contributed by atoms with Crippen molar-refractivity contribution < 1.29 is 20.1 Å². The van der Waals surface area contributed by atoms with Gasteiger partial charge in [0, 0.05) is 0 Å². The van der Waals surface area contributed by atoms with Crippen LogP contribution >= 0.6 is 0 Å². The predicted octanol–water partition coefficient (Wildman–Crippen LogP) is -1.36. The second kappa shape index (κ2) is 4.38. The molecule has 2 aromatic rings. The molecule has 1 saturated heterocycles. The number of nitrogens with zero attached hydrogens (tertiary/aromatic N) is 3. The van der Waals surface area contributed by atoms with Crippen molar-refractivity contribution >= 4 is 11.3 Å². The van der Waals surface area contributed by atoms with Gasteiger partial charge in [-0.15, -0.1) is 0 Å². The van der Waals surface area contributed by atoms with Gasteiger partial charge in [0.05, 0.1) is 12.3 Å². The third-order valence-electron chi connectivity index (χ3n) is 3.84. The molecule has 0 saturated carbocycles. The highest BCUT2D eigenvalue weighted by atomic mass is 16.6. The van der Waals surface area contributed by atoms with Crippen LogP contribution in [-0.4, -0.2) is 54.8 Å². The minimum absolute atomic E-state index is 0.307. The lowest BCUT2D eigenvalue weighted by molar-refractivity contribution is -0.0890. The fraction of sp³-hybridized carbons (Fsp3) is 0.500. The summed E-state index contributed by atoms with van der Waals surface area (Å²) in [7, 11) is 0. The standard InChI is InChI=1S/C12H16N4O4/c1-12(10(19)9(18)7(4-17)20-12)8-3-2-6-11(13)14-5-15-16(6)8/h2-3,5,7,9-10,17-19H,4H2,1H3,(H2,13,14,15)/t7?,9-,10-,12+/m1/s1. The van der Waals surface area contributed by atoms with Crippen LogP contribution in [0.5, 0.6) is 0 Å². The monoisotopic (exact) mass is 280 g/mol. The number of aliphatic hydroxyl groups excluding tert-OH is 3. The van der Waals surface area contributed by atoms with E-state index >= 15 is 0 Å². The van der Waals surface area contributed by atoms with Crippen LogP contribution in [0.15, 0.2) is 18.5 Å². The summed E-state index contributed by atoms with van der Waals surface area (Å²) in [5.74, 6) is 0.307. The molecule has 8 heteroatoms. The average Bonchev–Trinajstić information content (AvgIpc) is 2.96. The molecule has 3 rings (SSSR count). The molecule has 1 unspecified atom stereocenters. The van der Waals surface area contributed by atoms with Crippen molar-refractivity contribution in [2.45, 2.75) is 30.8 Å². The maximum atomic E-state index is 10.2. The lowest BCUT2D eigenvalue weighted by Crippen LogP contribution is -2.39.